The Morgan fingerprint density at radius 2 is 1.37 bits per heavy atom. The molecule has 10 heteroatoms. The van der Waals surface area contributed by atoms with E-state index in [1.807, 2.05) is 30.3 Å². The Labute approximate surface area is 159 Å². The number of para-hydroxylation sites is 1. The zero-order valence-corrected chi connectivity index (χ0v) is 15.4. The summed E-state index contributed by atoms with van der Waals surface area (Å²) in [6.07, 6.45) is 0. The van der Waals surface area contributed by atoms with Crippen LogP contribution in [0, 0.1) is 0 Å². The molecule has 27 heavy (non-hydrogen) atoms. The van der Waals surface area contributed by atoms with Gasteiger partial charge in [-0.1, -0.05) is 48.0 Å². The number of carboxylic acid groups (broad SMARTS) is 1. The summed E-state index contributed by atoms with van der Waals surface area (Å²) in [7, 11) is -4.64. The van der Waals surface area contributed by atoms with E-state index >= 15 is 0 Å². The normalized spacial score (nSPS) is 10.2. The van der Waals surface area contributed by atoms with E-state index in [4.69, 9.17) is 41.7 Å². The highest BCUT2D eigenvalue weighted by molar-refractivity contribution is 7.45. The van der Waals surface area contributed by atoms with Crippen LogP contribution in [0.5, 0.6) is 5.75 Å². The van der Waals surface area contributed by atoms with Gasteiger partial charge >= 0.3 is 13.8 Å². The number of carboxylic acids is 1. The van der Waals surface area contributed by atoms with E-state index in [2.05, 4.69) is 0 Å². The number of benzene rings is 3. The molecule has 3 aromatic carbocycles. The predicted molar refractivity (Wildman–Crippen MR) is 103 cm³/mol. The van der Waals surface area contributed by atoms with Crippen LogP contribution in [0.25, 0.3) is 10.8 Å². The number of nitrogens with two attached hydrogens (primary N) is 1. The fourth-order valence-electron chi connectivity index (χ4n) is 1.87. The van der Waals surface area contributed by atoms with Gasteiger partial charge in [-0.15, -0.1) is 0 Å². The molecule has 0 bridgehead atoms. The Bertz CT molecular complexity index is 945. The van der Waals surface area contributed by atoms with Crippen molar-refractivity contribution in [3.63, 3.8) is 0 Å². The quantitative estimate of drug-likeness (QED) is 0.261. The Kier molecular flexibility index (Phi) is 8.24. The molecule has 0 amide bonds. The zero-order valence-electron chi connectivity index (χ0n) is 13.7. The first kappa shape index (κ1) is 22.4. The third-order valence-electron chi connectivity index (χ3n) is 3.00. The molecule has 0 aliphatic heterocycles. The molecule has 0 atom stereocenters. The second kappa shape index (κ2) is 9.91. The molecule has 3 rings (SSSR count). The summed E-state index contributed by atoms with van der Waals surface area (Å²) in [5.74, 6) is -1.32. The molecule has 0 spiro atoms. The molecule has 0 saturated carbocycles. The number of halogens is 1. The maximum atomic E-state index is 10.7. The summed E-state index contributed by atoms with van der Waals surface area (Å²) in [4.78, 5) is 32.3. The number of aromatic hydroxyl groups is 1. The number of fused-ring (bicyclic) bond motifs is 1. The third kappa shape index (κ3) is 8.54. The predicted octanol–water partition coefficient (Wildman–Crippen LogP) is 3.24. The molecule has 8 nitrogen and oxygen atoms in total. The Morgan fingerprint density at radius 1 is 0.926 bits per heavy atom. The number of rotatable bonds is 1. The molecular formula is C17H17ClNO7P. The fourth-order valence-corrected chi connectivity index (χ4v) is 2.01. The first-order valence-corrected chi connectivity index (χ1v) is 9.16. The number of phenols is 1. The molecule has 0 radical (unpaired) electrons. The fraction of sp³-hybridized carbons (Fsp3) is 0. The molecule has 0 aliphatic rings. The maximum absolute atomic E-state index is 10.7. The van der Waals surface area contributed by atoms with E-state index in [0.29, 0.717) is 10.7 Å². The van der Waals surface area contributed by atoms with Crippen LogP contribution >= 0.6 is 19.4 Å². The van der Waals surface area contributed by atoms with Crippen LogP contribution in [-0.4, -0.2) is 30.9 Å². The summed E-state index contributed by atoms with van der Waals surface area (Å²) < 4.78 is 8.88. The lowest BCUT2D eigenvalue weighted by atomic mass is 10.1. The van der Waals surface area contributed by atoms with Crippen LogP contribution in [0.3, 0.4) is 0 Å². The Hall–Kier alpha value is -2.61. The summed E-state index contributed by atoms with van der Waals surface area (Å²) >= 11 is 5.58. The topological polar surface area (TPSA) is 161 Å². The molecule has 144 valence electrons. The number of anilines is 1. The summed E-state index contributed by atoms with van der Waals surface area (Å²) in [5.41, 5.74) is 5.96. The summed E-state index contributed by atoms with van der Waals surface area (Å²) in [6, 6.07) is 17.4. The standard InChI is InChI=1S/C11H8O3.C6H6ClN.H3O4P/c12-10-6-8-4-2-1-3-7(8)5-9(10)11(13)14;7-5-3-1-2-4-6(5)8;1-5(2,3)4/h1-6,12H,(H,13,14);1-4H,8H2;(H3,1,2,3,4). The molecular weight excluding hydrogens is 397 g/mol. The van der Waals surface area contributed by atoms with Gasteiger partial charge in [0.1, 0.15) is 11.3 Å². The highest BCUT2D eigenvalue weighted by Gasteiger charge is 2.09. The summed E-state index contributed by atoms with van der Waals surface area (Å²) in [5, 5.41) is 20.4. The van der Waals surface area contributed by atoms with Crippen molar-refractivity contribution in [1.82, 2.24) is 0 Å². The Balaban J connectivity index is 0.000000237. The van der Waals surface area contributed by atoms with E-state index in [9.17, 15) is 9.90 Å². The largest absolute Gasteiger partial charge is 0.507 e. The molecule has 7 N–H and O–H groups in total. The number of hydrogen-bond acceptors (Lipinski definition) is 4. The molecule has 0 heterocycles. The lowest BCUT2D eigenvalue weighted by molar-refractivity contribution is 0.0694. The van der Waals surface area contributed by atoms with E-state index in [1.54, 1.807) is 18.2 Å². The average Bonchev–Trinajstić information content (AvgIpc) is 2.56. The van der Waals surface area contributed by atoms with Crippen LogP contribution in [0.2, 0.25) is 5.02 Å². The van der Waals surface area contributed by atoms with Crippen LogP contribution in [0.4, 0.5) is 5.69 Å². The third-order valence-corrected chi connectivity index (χ3v) is 3.34. The number of carbonyl (C=O) groups is 1. The van der Waals surface area contributed by atoms with Gasteiger partial charge in [0.05, 0.1) is 10.7 Å². The van der Waals surface area contributed by atoms with Crippen molar-refractivity contribution in [2.45, 2.75) is 0 Å². The van der Waals surface area contributed by atoms with Crippen molar-refractivity contribution < 1.29 is 34.3 Å². The van der Waals surface area contributed by atoms with Gasteiger partial charge in [-0.3, -0.25) is 0 Å². The van der Waals surface area contributed by atoms with Gasteiger partial charge in [0.25, 0.3) is 0 Å². The second-order valence-electron chi connectivity index (χ2n) is 5.06. The van der Waals surface area contributed by atoms with Crippen molar-refractivity contribution in [1.29, 1.82) is 0 Å². The van der Waals surface area contributed by atoms with Crippen LogP contribution in [0.1, 0.15) is 10.4 Å². The zero-order chi connectivity index (χ0) is 20.6. The molecule has 0 aromatic heterocycles. The Morgan fingerprint density at radius 3 is 1.78 bits per heavy atom. The van der Waals surface area contributed by atoms with Gasteiger partial charge < -0.3 is 30.6 Å². The van der Waals surface area contributed by atoms with Crippen molar-refractivity contribution in [2.24, 2.45) is 0 Å². The van der Waals surface area contributed by atoms with Gasteiger partial charge in [-0.05, 0) is 35.0 Å². The van der Waals surface area contributed by atoms with E-state index < -0.39 is 13.8 Å². The molecule has 0 aliphatic carbocycles. The number of aromatic carboxylic acids is 1. The summed E-state index contributed by atoms with van der Waals surface area (Å²) in [6.45, 7) is 0. The van der Waals surface area contributed by atoms with Gasteiger partial charge in [0.15, 0.2) is 0 Å². The van der Waals surface area contributed by atoms with E-state index in [0.717, 1.165) is 10.8 Å². The van der Waals surface area contributed by atoms with Crippen LogP contribution in [0.15, 0.2) is 60.7 Å². The van der Waals surface area contributed by atoms with Crippen molar-refractivity contribution in [3.05, 3.63) is 71.2 Å². The van der Waals surface area contributed by atoms with Gasteiger partial charge in [-0.25, -0.2) is 9.36 Å². The van der Waals surface area contributed by atoms with Crippen molar-refractivity contribution in [2.75, 3.05) is 5.73 Å². The van der Waals surface area contributed by atoms with Crippen LogP contribution in [-0.2, 0) is 4.57 Å². The minimum absolute atomic E-state index is 0.0660. The van der Waals surface area contributed by atoms with Crippen molar-refractivity contribution in [3.8, 4) is 5.75 Å². The lowest BCUT2D eigenvalue weighted by Gasteiger charge is -2.02. The van der Waals surface area contributed by atoms with E-state index in [-0.39, 0.29) is 11.3 Å². The van der Waals surface area contributed by atoms with Crippen LogP contribution < -0.4 is 5.73 Å². The van der Waals surface area contributed by atoms with Gasteiger partial charge in [-0.2, -0.15) is 0 Å². The minimum atomic E-state index is -4.64. The number of nitrogen functional groups attached to an aromatic ring is 1. The monoisotopic (exact) mass is 413 g/mol. The molecule has 0 saturated heterocycles. The second-order valence-corrected chi connectivity index (χ2v) is 6.49. The van der Waals surface area contributed by atoms with Crippen molar-refractivity contribution >= 4 is 41.9 Å². The molecule has 0 unspecified atom stereocenters. The number of hydrogen-bond donors (Lipinski definition) is 6. The average molecular weight is 414 g/mol. The smallest absolute Gasteiger partial charge is 0.466 e. The molecule has 3 aromatic rings. The van der Waals surface area contributed by atoms with Gasteiger partial charge in [0, 0.05) is 0 Å². The first-order chi connectivity index (χ1) is 12.5. The highest BCUT2D eigenvalue weighted by Crippen LogP contribution is 2.26. The molecule has 0 fully saturated rings. The first-order valence-electron chi connectivity index (χ1n) is 7.22. The van der Waals surface area contributed by atoms with Gasteiger partial charge in [0.2, 0.25) is 0 Å². The lowest BCUT2D eigenvalue weighted by Crippen LogP contribution is -1.96. The minimum Gasteiger partial charge on any atom is -0.507 e. The van der Waals surface area contributed by atoms with E-state index in [1.165, 1.54) is 12.1 Å². The number of phosphoric acid groups is 1. The maximum Gasteiger partial charge on any atom is 0.466 e. The SMILES string of the molecule is Nc1ccccc1Cl.O=C(O)c1cc2ccccc2cc1O.O=P(O)(O)O. The highest BCUT2D eigenvalue weighted by atomic mass is 35.5.